The number of piperidine rings is 1. The van der Waals surface area contributed by atoms with Crippen LogP contribution in [0.4, 0.5) is 0 Å². The van der Waals surface area contributed by atoms with Crippen LogP contribution in [0.3, 0.4) is 0 Å². The lowest BCUT2D eigenvalue weighted by atomic mass is 9.81. The van der Waals surface area contributed by atoms with Crippen molar-refractivity contribution in [3.63, 3.8) is 0 Å². The number of nitrogens with one attached hydrogen (secondary N) is 1. The van der Waals surface area contributed by atoms with Gasteiger partial charge in [-0.05, 0) is 38.3 Å². The molecule has 1 aromatic rings. The van der Waals surface area contributed by atoms with Crippen molar-refractivity contribution < 1.29 is 4.79 Å². The van der Waals surface area contributed by atoms with Crippen LogP contribution in [-0.4, -0.2) is 36.5 Å². The minimum atomic E-state index is -0.321. The zero-order valence-corrected chi connectivity index (χ0v) is 11.6. The third-order valence-electron chi connectivity index (χ3n) is 4.71. The van der Waals surface area contributed by atoms with E-state index in [9.17, 15) is 4.79 Å². The molecule has 0 aliphatic carbocycles. The van der Waals surface area contributed by atoms with Crippen LogP contribution in [0, 0.1) is 0 Å². The van der Waals surface area contributed by atoms with Gasteiger partial charge in [0.15, 0.2) is 0 Å². The monoisotopic (exact) mass is 258 g/mol. The first-order valence-electron chi connectivity index (χ1n) is 7.29. The van der Waals surface area contributed by atoms with Crippen LogP contribution < -0.4 is 5.32 Å². The van der Waals surface area contributed by atoms with Crippen LogP contribution in [0.2, 0.25) is 0 Å². The summed E-state index contributed by atoms with van der Waals surface area (Å²) in [5.74, 6) is 0.312. The Morgan fingerprint density at radius 2 is 2.11 bits per heavy atom. The third kappa shape index (κ3) is 2.16. The number of rotatable bonds is 2. The Hall–Kier alpha value is -1.35. The molecular formula is C16H22N2O. The lowest BCUT2D eigenvalue weighted by molar-refractivity contribution is -0.134. The molecule has 2 aliphatic heterocycles. The molecule has 0 aromatic heterocycles. The summed E-state index contributed by atoms with van der Waals surface area (Å²) in [5.41, 5.74) is 0.838. The molecule has 2 heterocycles. The maximum Gasteiger partial charge on any atom is 0.233 e. The average molecular weight is 258 g/mol. The fourth-order valence-electron chi connectivity index (χ4n) is 3.39. The number of carbonyl (C=O) groups is 1. The number of amides is 1. The molecule has 2 saturated heterocycles. The highest BCUT2D eigenvalue weighted by Gasteiger charge is 2.46. The average Bonchev–Trinajstić information content (AvgIpc) is 2.78. The van der Waals surface area contributed by atoms with E-state index in [0.29, 0.717) is 11.9 Å². The highest BCUT2D eigenvalue weighted by molar-refractivity contribution is 5.90. The minimum absolute atomic E-state index is 0.312. The molecule has 0 unspecified atom stereocenters. The molecule has 0 saturated carbocycles. The van der Waals surface area contributed by atoms with Gasteiger partial charge in [0.1, 0.15) is 0 Å². The van der Waals surface area contributed by atoms with Gasteiger partial charge in [-0.15, -0.1) is 0 Å². The number of carbonyl (C=O) groups excluding carboxylic acids is 1. The highest BCUT2D eigenvalue weighted by Crippen LogP contribution is 2.36. The first-order chi connectivity index (χ1) is 9.22. The highest BCUT2D eigenvalue weighted by atomic mass is 16.2. The summed E-state index contributed by atoms with van der Waals surface area (Å²) in [6.07, 6.45) is 3.26. The Morgan fingerprint density at radius 3 is 2.79 bits per heavy atom. The van der Waals surface area contributed by atoms with Gasteiger partial charge in [-0.1, -0.05) is 30.3 Å². The Labute approximate surface area is 115 Å². The molecule has 1 N–H and O–H groups in total. The molecule has 102 valence electrons. The standard InChI is InChI=1S/C16H22N2O/c1-16(13-6-3-2-4-7-13)9-11-18(15(16)19)14-8-5-10-17-12-14/h2-4,6-7,14,17H,5,8-12H2,1H3/t14-,16+/m0/s1. The van der Waals surface area contributed by atoms with Crippen molar-refractivity contribution in [3.05, 3.63) is 35.9 Å². The summed E-state index contributed by atoms with van der Waals surface area (Å²) in [6.45, 7) is 5.04. The molecular weight excluding hydrogens is 236 g/mol. The molecule has 3 nitrogen and oxygen atoms in total. The molecule has 0 spiro atoms. The van der Waals surface area contributed by atoms with Crippen molar-refractivity contribution >= 4 is 5.91 Å². The number of likely N-dealkylation sites (tertiary alicyclic amines) is 1. The summed E-state index contributed by atoms with van der Waals surface area (Å²) in [7, 11) is 0. The summed E-state index contributed by atoms with van der Waals surface area (Å²) in [6, 6.07) is 10.6. The van der Waals surface area contributed by atoms with E-state index < -0.39 is 0 Å². The van der Waals surface area contributed by atoms with E-state index in [2.05, 4.69) is 29.3 Å². The first-order valence-corrected chi connectivity index (χ1v) is 7.29. The zero-order chi connectivity index (χ0) is 13.3. The fourth-order valence-corrected chi connectivity index (χ4v) is 3.39. The first kappa shape index (κ1) is 12.7. The van der Waals surface area contributed by atoms with Gasteiger partial charge in [0.2, 0.25) is 5.91 Å². The van der Waals surface area contributed by atoms with Gasteiger partial charge in [-0.25, -0.2) is 0 Å². The van der Waals surface area contributed by atoms with Crippen molar-refractivity contribution in [2.45, 2.75) is 37.6 Å². The molecule has 2 aliphatic rings. The molecule has 0 radical (unpaired) electrons. The van der Waals surface area contributed by atoms with Gasteiger partial charge in [-0.3, -0.25) is 4.79 Å². The molecule has 1 aromatic carbocycles. The summed E-state index contributed by atoms with van der Waals surface area (Å²) in [4.78, 5) is 14.9. The smallest absolute Gasteiger partial charge is 0.233 e. The summed E-state index contributed by atoms with van der Waals surface area (Å²) in [5, 5.41) is 3.41. The Bertz CT molecular complexity index is 453. The molecule has 2 atom stereocenters. The lowest BCUT2D eigenvalue weighted by Gasteiger charge is -2.33. The Kier molecular flexibility index (Phi) is 3.31. The summed E-state index contributed by atoms with van der Waals surface area (Å²) < 4.78 is 0. The predicted molar refractivity (Wildman–Crippen MR) is 76.0 cm³/mol. The van der Waals surface area contributed by atoms with Gasteiger partial charge in [0.05, 0.1) is 5.41 Å². The van der Waals surface area contributed by atoms with Crippen LogP contribution >= 0.6 is 0 Å². The largest absolute Gasteiger partial charge is 0.338 e. The van der Waals surface area contributed by atoms with Gasteiger partial charge < -0.3 is 10.2 Å². The molecule has 1 amide bonds. The molecule has 19 heavy (non-hydrogen) atoms. The molecule has 3 rings (SSSR count). The lowest BCUT2D eigenvalue weighted by Crippen LogP contribution is -2.48. The van der Waals surface area contributed by atoms with Crippen molar-refractivity contribution in [2.75, 3.05) is 19.6 Å². The van der Waals surface area contributed by atoms with Crippen molar-refractivity contribution in [2.24, 2.45) is 0 Å². The minimum Gasteiger partial charge on any atom is -0.338 e. The third-order valence-corrected chi connectivity index (χ3v) is 4.71. The van der Waals surface area contributed by atoms with Crippen LogP contribution in [0.25, 0.3) is 0 Å². The number of hydrogen-bond donors (Lipinski definition) is 1. The topological polar surface area (TPSA) is 32.3 Å². The fraction of sp³-hybridized carbons (Fsp3) is 0.562. The zero-order valence-electron chi connectivity index (χ0n) is 11.6. The number of hydrogen-bond acceptors (Lipinski definition) is 2. The van der Waals surface area contributed by atoms with E-state index in [1.807, 2.05) is 18.2 Å². The second-order valence-corrected chi connectivity index (χ2v) is 5.95. The Balaban J connectivity index is 1.81. The maximum absolute atomic E-state index is 12.8. The van der Waals surface area contributed by atoms with Crippen molar-refractivity contribution in [1.82, 2.24) is 10.2 Å². The quantitative estimate of drug-likeness (QED) is 0.879. The molecule has 2 fully saturated rings. The van der Waals surface area contributed by atoms with E-state index in [1.165, 1.54) is 6.42 Å². The van der Waals surface area contributed by atoms with E-state index in [0.717, 1.165) is 38.0 Å². The van der Waals surface area contributed by atoms with E-state index in [1.54, 1.807) is 0 Å². The van der Waals surface area contributed by atoms with Crippen LogP contribution in [-0.2, 0) is 10.2 Å². The van der Waals surface area contributed by atoms with Gasteiger partial charge >= 0.3 is 0 Å². The van der Waals surface area contributed by atoms with Gasteiger partial charge in [0.25, 0.3) is 0 Å². The number of nitrogens with zero attached hydrogens (tertiary/aromatic N) is 1. The van der Waals surface area contributed by atoms with Gasteiger partial charge in [0, 0.05) is 19.1 Å². The normalized spacial score (nSPS) is 31.7. The van der Waals surface area contributed by atoms with Crippen molar-refractivity contribution in [3.8, 4) is 0 Å². The predicted octanol–water partition coefficient (Wildman–Crippen LogP) is 1.93. The van der Waals surface area contributed by atoms with Crippen LogP contribution in [0.5, 0.6) is 0 Å². The SMILES string of the molecule is C[C@]1(c2ccccc2)CCN([C@H]2CCCNC2)C1=O. The second-order valence-electron chi connectivity index (χ2n) is 5.95. The van der Waals surface area contributed by atoms with E-state index >= 15 is 0 Å². The molecule has 0 bridgehead atoms. The van der Waals surface area contributed by atoms with Gasteiger partial charge in [-0.2, -0.15) is 0 Å². The second kappa shape index (κ2) is 4.97. The summed E-state index contributed by atoms with van der Waals surface area (Å²) >= 11 is 0. The van der Waals surface area contributed by atoms with E-state index in [-0.39, 0.29) is 5.41 Å². The maximum atomic E-state index is 12.8. The van der Waals surface area contributed by atoms with E-state index in [4.69, 9.17) is 0 Å². The van der Waals surface area contributed by atoms with Crippen LogP contribution in [0.1, 0.15) is 31.7 Å². The van der Waals surface area contributed by atoms with Crippen LogP contribution in [0.15, 0.2) is 30.3 Å². The Morgan fingerprint density at radius 1 is 1.32 bits per heavy atom. The van der Waals surface area contributed by atoms with Crippen molar-refractivity contribution in [1.29, 1.82) is 0 Å². The molecule has 3 heteroatoms. The number of benzene rings is 1.